The van der Waals surface area contributed by atoms with E-state index in [1.165, 1.54) is 12.4 Å². The minimum absolute atomic E-state index is 0.252. The maximum Gasteiger partial charge on any atom is 0.158 e. The highest BCUT2D eigenvalue weighted by Crippen LogP contribution is 2.35. The molecule has 22 heavy (non-hydrogen) atoms. The zero-order valence-corrected chi connectivity index (χ0v) is 13.1. The Morgan fingerprint density at radius 2 is 2.05 bits per heavy atom. The van der Waals surface area contributed by atoms with E-state index in [0.717, 1.165) is 11.1 Å². The van der Waals surface area contributed by atoms with E-state index in [4.69, 9.17) is 17.3 Å². The summed E-state index contributed by atoms with van der Waals surface area (Å²) in [6.07, 6.45) is 3.02. The second-order valence-corrected chi connectivity index (χ2v) is 5.90. The molecular weight excluding hydrogens is 303 g/mol. The smallest absolute Gasteiger partial charge is 0.158 e. The first-order valence-corrected chi connectivity index (χ1v) is 7.41. The van der Waals surface area contributed by atoms with Gasteiger partial charge in [-0.05, 0) is 18.1 Å². The van der Waals surface area contributed by atoms with E-state index >= 15 is 0 Å². The van der Waals surface area contributed by atoms with Crippen molar-refractivity contribution in [3.63, 3.8) is 0 Å². The number of halogens is 2. The van der Waals surface area contributed by atoms with Crippen LogP contribution in [0, 0.1) is 5.82 Å². The van der Waals surface area contributed by atoms with Crippen molar-refractivity contribution in [2.45, 2.75) is 26.3 Å². The van der Waals surface area contributed by atoms with Crippen LogP contribution in [0.3, 0.4) is 0 Å². The highest BCUT2D eigenvalue weighted by Gasteiger charge is 2.18. The molecule has 0 saturated heterocycles. The molecule has 2 heterocycles. The van der Waals surface area contributed by atoms with Gasteiger partial charge in [0.05, 0.1) is 39.9 Å². The third kappa shape index (κ3) is 2.46. The zero-order valence-electron chi connectivity index (χ0n) is 12.3. The molecule has 2 aromatic heterocycles. The average molecular weight is 319 g/mol. The van der Waals surface area contributed by atoms with Crippen molar-refractivity contribution in [3.05, 3.63) is 46.8 Å². The van der Waals surface area contributed by atoms with Gasteiger partial charge in [-0.3, -0.25) is 9.97 Å². The number of rotatable bonds is 3. The molecule has 0 unspecified atom stereocenters. The van der Waals surface area contributed by atoms with Crippen LogP contribution in [0.2, 0.25) is 5.02 Å². The fourth-order valence-corrected chi connectivity index (χ4v) is 2.66. The van der Waals surface area contributed by atoms with Crippen LogP contribution in [0.15, 0.2) is 24.5 Å². The maximum absolute atomic E-state index is 14.9. The lowest BCUT2D eigenvalue weighted by Crippen LogP contribution is -2.01. The molecule has 0 fully saturated rings. The van der Waals surface area contributed by atoms with Gasteiger partial charge < -0.3 is 10.7 Å². The predicted octanol–water partition coefficient (Wildman–Crippen LogP) is 4.00. The summed E-state index contributed by atoms with van der Waals surface area (Å²) in [6.45, 7) is 4.38. The van der Waals surface area contributed by atoms with Crippen molar-refractivity contribution in [1.82, 2.24) is 15.0 Å². The fourth-order valence-electron chi connectivity index (χ4n) is 2.36. The molecule has 0 bridgehead atoms. The van der Waals surface area contributed by atoms with E-state index in [0.29, 0.717) is 21.9 Å². The normalized spacial score (nSPS) is 11.5. The number of nitrogens with two attached hydrogens (primary N) is 1. The van der Waals surface area contributed by atoms with E-state index in [9.17, 15) is 4.39 Å². The van der Waals surface area contributed by atoms with Gasteiger partial charge in [0.1, 0.15) is 0 Å². The lowest BCUT2D eigenvalue weighted by Gasteiger charge is -2.07. The number of nitrogens with zero attached hydrogens (tertiary/aromatic N) is 2. The summed E-state index contributed by atoms with van der Waals surface area (Å²) in [4.78, 5) is 11.5. The number of H-pyrrole nitrogens is 1. The van der Waals surface area contributed by atoms with Gasteiger partial charge in [-0.15, -0.1) is 0 Å². The Kier molecular flexibility index (Phi) is 3.85. The van der Waals surface area contributed by atoms with Crippen LogP contribution in [-0.4, -0.2) is 15.0 Å². The van der Waals surface area contributed by atoms with E-state index in [-0.39, 0.29) is 18.0 Å². The molecule has 0 radical (unpaired) electrons. The van der Waals surface area contributed by atoms with Crippen LogP contribution in [0.4, 0.5) is 4.39 Å². The molecule has 6 heteroatoms. The first kappa shape index (κ1) is 14.9. The highest BCUT2D eigenvalue weighted by molar-refractivity contribution is 6.34. The van der Waals surface area contributed by atoms with Gasteiger partial charge in [-0.2, -0.15) is 0 Å². The summed E-state index contributed by atoms with van der Waals surface area (Å²) in [5, 5.41) is 1.07. The highest BCUT2D eigenvalue weighted by atomic mass is 35.5. The minimum Gasteiger partial charge on any atom is -0.356 e. The van der Waals surface area contributed by atoms with E-state index < -0.39 is 5.82 Å². The summed E-state index contributed by atoms with van der Waals surface area (Å²) >= 11 is 6.26. The van der Waals surface area contributed by atoms with Crippen molar-refractivity contribution in [3.8, 4) is 11.3 Å². The number of hydrogen-bond acceptors (Lipinski definition) is 3. The number of benzene rings is 1. The van der Waals surface area contributed by atoms with Crippen LogP contribution < -0.4 is 5.73 Å². The molecule has 4 nitrogen and oxygen atoms in total. The van der Waals surface area contributed by atoms with Gasteiger partial charge >= 0.3 is 0 Å². The Balaban J connectivity index is 2.20. The van der Waals surface area contributed by atoms with Crippen LogP contribution in [0.1, 0.15) is 31.2 Å². The third-order valence-corrected chi connectivity index (χ3v) is 3.92. The molecule has 3 aromatic rings. The van der Waals surface area contributed by atoms with Gasteiger partial charge in [0.2, 0.25) is 0 Å². The molecule has 0 atom stereocenters. The topological polar surface area (TPSA) is 67.6 Å². The van der Waals surface area contributed by atoms with Crippen LogP contribution in [-0.2, 0) is 6.54 Å². The van der Waals surface area contributed by atoms with Gasteiger partial charge in [-0.1, -0.05) is 25.4 Å². The van der Waals surface area contributed by atoms with Gasteiger partial charge in [0.25, 0.3) is 0 Å². The molecule has 0 amide bonds. The third-order valence-electron chi connectivity index (χ3n) is 3.62. The number of aromatic nitrogens is 3. The molecule has 3 N–H and O–H groups in total. The Morgan fingerprint density at radius 3 is 2.64 bits per heavy atom. The Hall–Kier alpha value is -1.98. The Bertz CT molecular complexity index is 824. The molecule has 0 aliphatic rings. The van der Waals surface area contributed by atoms with Crippen molar-refractivity contribution in [2.75, 3.05) is 0 Å². The Labute approximate surface area is 132 Å². The largest absolute Gasteiger partial charge is 0.356 e. The summed E-state index contributed by atoms with van der Waals surface area (Å²) < 4.78 is 14.9. The summed E-state index contributed by atoms with van der Waals surface area (Å²) in [5.74, 6) is -0.137. The summed E-state index contributed by atoms with van der Waals surface area (Å²) in [6, 6.07) is 3.66. The van der Waals surface area contributed by atoms with E-state index in [1.54, 1.807) is 6.07 Å². The quantitative estimate of drug-likeness (QED) is 0.767. The Morgan fingerprint density at radius 1 is 1.27 bits per heavy atom. The molecule has 3 rings (SSSR count). The number of fused-ring (bicyclic) bond motifs is 1. The van der Waals surface area contributed by atoms with Crippen molar-refractivity contribution < 1.29 is 4.39 Å². The second-order valence-electron chi connectivity index (χ2n) is 5.49. The maximum atomic E-state index is 14.9. The summed E-state index contributed by atoms with van der Waals surface area (Å²) in [7, 11) is 0. The SMILES string of the molecule is CC(C)c1cc2cc(Cl)c(-c3cnc(CN)cn3)c(F)c2[nH]1. The van der Waals surface area contributed by atoms with Crippen molar-refractivity contribution in [2.24, 2.45) is 5.73 Å². The summed E-state index contributed by atoms with van der Waals surface area (Å²) in [5.41, 5.74) is 8.18. The standard InChI is InChI=1S/C16H16ClFN4/c1-8(2)12-4-9-3-11(17)14(15(18)16(9)22-12)13-7-20-10(5-19)6-21-13/h3-4,6-8,22H,5,19H2,1-2H3. The molecule has 0 saturated carbocycles. The number of hydrogen-bond donors (Lipinski definition) is 2. The van der Waals surface area contributed by atoms with Crippen LogP contribution in [0.5, 0.6) is 0 Å². The molecule has 114 valence electrons. The lowest BCUT2D eigenvalue weighted by atomic mass is 10.1. The molecule has 0 aliphatic heterocycles. The molecular formula is C16H16ClFN4. The lowest BCUT2D eigenvalue weighted by molar-refractivity contribution is 0.639. The van der Waals surface area contributed by atoms with E-state index in [1.807, 2.05) is 19.9 Å². The van der Waals surface area contributed by atoms with Gasteiger partial charge in [0, 0.05) is 17.6 Å². The van der Waals surface area contributed by atoms with Crippen LogP contribution in [0.25, 0.3) is 22.2 Å². The molecule has 0 aliphatic carbocycles. The second kappa shape index (κ2) is 5.66. The van der Waals surface area contributed by atoms with Gasteiger partial charge in [-0.25, -0.2) is 4.39 Å². The van der Waals surface area contributed by atoms with Crippen molar-refractivity contribution >= 4 is 22.5 Å². The number of nitrogens with one attached hydrogen (secondary N) is 1. The number of aromatic amines is 1. The zero-order chi connectivity index (χ0) is 15.9. The monoisotopic (exact) mass is 318 g/mol. The van der Waals surface area contributed by atoms with Crippen LogP contribution >= 0.6 is 11.6 Å². The average Bonchev–Trinajstić information content (AvgIpc) is 2.92. The fraction of sp³-hybridized carbons (Fsp3) is 0.250. The predicted molar refractivity (Wildman–Crippen MR) is 86.3 cm³/mol. The first-order valence-electron chi connectivity index (χ1n) is 7.03. The minimum atomic E-state index is -0.413. The van der Waals surface area contributed by atoms with Crippen molar-refractivity contribution in [1.29, 1.82) is 0 Å². The molecule has 1 aromatic carbocycles. The van der Waals surface area contributed by atoms with E-state index in [2.05, 4.69) is 15.0 Å². The molecule has 0 spiro atoms. The van der Waals surface area contributed by atoms with Gasteiger partial charge in [0.15, 0.2) is 5.82 Å². The first-order chi connectivity index (χ1) is 10.5.